The van der Waals surface area contributed by atoms with Gasteiger partial charge in [0.15, 0.2) is 5.69 Å². The van der Waals surface area contributed by atoms with Crippen LogP contribution >= 0.6 is 11.6 Å². The van der Waals surface area contributed by atoms with Gasteiger partial charge in [-0.15, -0.1) is 13.2 Å². The van der Waals surface area contributed by atoms with E-state index in [0.29, 0.717) is 22.4 Å². The predicted octanol–water partition coefficient (Wildman–Crippen LogP) is 4.95. The third kappa shape index (κ3) is 3.69. The second-order valence-electron chi connectivity index (χ2n) is 5.43. The average Bonchev–Trinajstić information content (AvgIpc) is 2.84. The Labute approximate surface area is 146 Å². The molecule has 4 nitrogen and oxygen atoms in total. The standard InChI is InChI=1S/C17H10ClF3N2O2/c1-22-12-6-11-9-23(16(24)15(11)14(18)7-12)8-10-2-4-13(5-3-10)25-17(19,20)21/h2-7H,8-9H2. The van der Waals surface area contributed by atoms with Crippen molar-refractivity contribution < 1.29 is 22.7 Å². The fourth-order valence-corrected chi connectivity index (χ4v) is 2.97. The van der Waals surface area contributed by atoms with Crippen LogP contribution in [0.5, 0.6) is 5.75 Å². The highest BCUT2D eigenvalue weighted by molar-refractivity contribution is 6.34. The lowest BCUT2D eigenvalue weighted by Gasteiger charge is -2.16. The van der Waals surface area contributed by atoms with Gasteiger partial charge in [-0.2, -0.15) is 0 Å². The molecule has 0 atom stereocenters. The molecule has 0 saturated heterocycles. The van der Waals surface area contributed by atoms with E-state index in [2.05, 4.69) is 9.58 Å². The highest BCUT2D eigenvalue weighted by Gasteiger charge is 2.32. The van der Waals surface area contributed by atoms with Crippen LogP contribution in [0.1, 0.15) is 21.5 Å². The van der Waals surface area contributed by atoms with Gasteiger partial charge in [0.1, 0.15) is 5.75 Å². The first-order valence-electron chi connectivity index (χ1n) is 7.10. The SMILES string of the molecule is [C-]#[N+]c1cc(Cl)c2c(c1)CN(Cc1ccc(OC(F)(F)F)cc1)C2=O. The number of rotatable bonds is 3. The van der Waals surface area contributed by atoms with E-state index in [1.807, 2.05) is 0 Å². The lowest BCUT2D eigenvalue weighted by Crippen LogP contribution is -2.23. The van der Waals surface area contributed by atoms with E-state index in [4.69, 9.17) is 18.2 Å². The molecule has 3 rings (SSSR count). The third-order valence-electron chi connectivity index (χ3n) is 3.68. The first kappa shape index (κ1) is 17.1. The maximum atomic E-state index is 12.5. The number of amides is 1. The Hall–Kier alpha value is -2.72. The molecule has 2 aromatic rings. The van der Waals surface area contributed by atoms with Gasteiger partial charge in [0.05, 0.1) is 12.1 Å². The van der Waals surface area contributed by atoms with Crippen molar-refractivity contribution in [2.75, 3.05) is 0 Å². The van der Waals surface area contributed by atoms with Gasteiger partial charge in [-0.05, 0) is 29.3 Å². The summed E-state index contributed by atoms with van der Waals surface area (Å²) in [5, 5.41) is 0.227. The molecule has 128 valence electrons. The molecular weight excluding hydrogens is 357 g/mol. The Morgan fingerprint density at radius 3 is 2.52 bits per heavy atom. The van der Waals surface area contributed by atoms with Crippen LogP contribution in [-0.4, -0.2) is 17.2 Å². The zero-order chi connectivity index (χ0) is 18.2. The highest BCUT2D eigenvalue weighted by atomic mass is 35.5. The predicted molar refractivity (Wildman–Crippen MR) is 84.4 cm³/mol. The molecule has 0 fully saturated rings. The van der Waals surface area contributed by atoms with Crippen LogP contribution in [-0.2, 0) is 13.1 Å². The monoisotopic (exact) mass is 366 g/mol. The maximum absolute atomic E-state index is 12.5. The van der Waals surface area contributed by atoms with Gasteiger partial charge in [-0.25, -0.2) is 4.85 Å². The van der Waals surface area contributed by atoms with Gasteiger partial charge in [0, 0.05) is 18.1 Å². The van der Waals surface area contributed by atoms with Crippen LogP contribution < -0.4 is 4.74 Å². The molecule has 0 unspecified atom stereocenters. The number of halogens is 4. The zero-order valence-corrected chi connectivity index (χ0v) is 13.4. The molecule has 0 N–H and O–H groups in total. The lowest BCUT2D eigenvalue weighted by atomic mass is 10.1. The van der Waals surface area contributed by atoms with Crippen LogP contribution in [0.15, 0.2) is 36.4 Å². The Bertz CT molecular complexity index is 873. The average molecular weight is 367 g/mol. The summed E-state index contributed by atoms with van der Waals surface area (Å²) in [6.45, 7) is 7.54. The first-order valence-corrected chi connectivity index (χ1v) is 7.48. The van der Waals surface area contributed by atoms with Gasteiger partial charge >= 0.3 is 6.36 Å². The molecule has 25 heavy (non-hydrogen) atoms. The number of fused-ring (bicyclic) bond motifs is 1. The van der Waals surface area contributed by atoms with Crippen molar-refractivity contribution in [1.29, 1.82) is 0 Å². The van der Waals surface area contributed by atoms with E-state index in [1.165, 1.54) is 35.2 Å². The van der Waals surface area contributed by atoms with Gasteiger partial charge < -0.3 is 9.64 Å². The number of carbonyl (C=O) groups is 1. The maximum Gasteiger partial charge on any atom is 0.573 e. The fourth-order valence-electron chi connectivity index (χ4n) is 2.66. The quantitative estimate of drug-likeness (QED) is 0.720. The van der Waals surface area contributed by atoms with Crippen LogP contribution in [0.4, 0.5) is 18.9 Å². The second kappa shape index (κ2) is 6.30. The van der Waals surface area contributed by atoms with Crippen LogP contribution in [0.25, 0.3) is 4.85 Å². The number of nitrogens with zero attached hydrogens (tertiary/aromatic N) is 2. The van der Waals surface area contributed by atoms with E-state index in [9.17, 15) is 18.0 Å². The topological polar surface area (TPSA) is 33.9 Å². The molecule has 0 radical (unpaired) electrons. The number of alkyl halides is 3. The number of ether oxygens (including phenoxy) is 1. The van der Waals surface area contributed by atoms with Crippen LogP contribution in [0.3, 0.4) is 0 Å². The Kier molecular flexibility index (Phi) is 4.31. The minimum atomic E-state index is -4.74. The summed E-state index contributed by atoms with van der Waals surface area (Å²) in [6.07, 6.45) is -4.74. The van der Waals surface area contributed by atoms with Crippen LogP contribution in [0, 0.1) is 6.57 Å². The summed E-state index contributed by atoms with van der Waals surface area (Å²) in [5.41, 5.74) is 2.04. The van der Waals surface area contributed by atoms with Gasteiger partial charge in [0.25, 0.3) is 5.91 Å². The van der Waals surface area contributed by atoms with Gasteiger partial charge in [-0.1, -0.05) is 29.8 Å². The molecule has 0 aliphatic carbocycles. The summed E-state index contributed by atoms with van der Waals surface area (Å²) in [7, 11) is 0. The molecular formula is C17H10ClF3N2O2. The van der Waals surface area contributed by atoms with E-state index >= 15 is 0 Å². The van der Waals surface area contributed by atoms with E-state index in [-0.39, 0.29) is 29.8 Å². The van der Waals surface area contributed by atoms with Crippen molar-refractivity contribution in [3.8, 4) is 5.75 Å². The molecule has 1 aliphatic rings. The second-order valence-corrected chi connectivity index (χ2v) is 5.83. The molecule has 2 aromatic carbocycles. The number of benzene rings is 2. The number of hydrogen-bond acceptors (Lipinski definition) is 2. The van der Waals surface area contributed by atoms with E-state index in [0.717, 1.165) is 0 Å². The molecule has 1 aliphatic heterocycles. The minimum absolute atomic E-state index is 0.212. The van der Waals surface area contributed by atoms with Crippen molar-refractivity contribution in [1.82, 2.24) is 4.90 Å². The van der Waals surface area contributed by atoms with Crippen molar-refractivity contribution in [2.45, 2.75) is 19.5 Å². The van der Waals surface area contributed by atoms with E-state index < -0.39 is 6.36 Å². The van der Waals surface area contributed by atoms with Crippen molar-refractivity contribution >= 4 is 23.2 Å². The molecule has 0 spiro atoms. The summed E-state index contributed by atoms with van der Waals surface area (Å²) in [6, 6.07) is 8.37. The molecule has 0 saturated carbocycles. The van der Waals surface area contributed by atoms with Crippen LogP contribution in [0.2, 0.25) is 5.02 Å². The molecule has 0 bridgehead atoms. The Morgan fingerprint density at radius 1 is 1.24 bits per heavy atom. The zero-order valence-electron chi connectivity index (χ0n) is 12.6. The summed E-state index contributed by atoms with van der Waals surface area (Å²) < 4.78 is 40.3. The highest BCUT2D eigenvalue weighted by Crippen LogP contribution is 2.34. The van der Waals surface area contributed by atoms with Crippen molar-refractivity contribution in [2.24, 2.45) is 0 Å². The summed E-state index contributed by atoms with van der Waals surface area (Å²) in [5.74, 6) is -0.593. The Morgan fingerprint density at radius 2 is 1.92 bits per heavy atom. The Balaban J connectivity index is 1.76. The first-order chi connectivity index (χ1) is 11.8. The fraction of sp³-hybridized carbons (Fsp3) is 0.176. The molecule has 0 aromatic heterocycles. The largest absolute Gasteiger partial charge is 0.573 e. The molecule has 1 heterocycles. The number of carbonyl (C=O) groups excluding carboxylic acids is 1. The molecule has 8 heteroatoms. The minimum Gasteiger partial charge on any atom is -0.406 e. The van der Waals surface area contributed by atoms with Gasteiger partial charge in [-0.3, -0.25) is 4.79 Å². The van der Waals surface area contributed by atoms with Gasteiger partial charge in [0.2, 0.25) is 0 Å². The summed E-state index contributed by atoms with van der Waals surface area (Å²) >= 11 is 6.09. The normalized spacial score (nSPS) is 13.6. The van der Waals surface area contributed by atoms with Crippen molar-refractivity contribution in [3.63, 3.8) is 0 Å². The lowest BCUT2D eigenvalue weighted by molar-refractivity contribution is -0.274. The van der Waals surface area contributed by atoms with E-state index in [1.54, 1.807) is 6.07 Å². The number of hydrogen-bond donors (Lipinski definition) is 0. The third-order valence-corrected chi connectivity index (χ3v) is 3.98. The smallest absolute Gasteiger partial charge is 0.406 e. The van der Waals surface area contributed by atoms with Crippen molar-refractivity contribution in [3.05, 3.63) is 69.5 Å². The molecule has 1 amide bonds. The summed E-state index contributed by atoms with van der Waals surface area (Å²) in [4.78, 5) is 17.3.